The Morgan fingerprint density at radius 1 is 1.48 bits per heavy atom. The first-order valence-corrected chi connectivity index (χ1v) is 9.86. The maximum atomic E-state index is 13.0. The molecule has 9 heteroatoms. The van der Waals surface area contributed by atoms with E-state index in [0.717, 1.165) is 6.42 Å². The lowest BCUT2D eigenvalue weighted by Crippen LogP contribution is -2.36. The van der Waals surface area contributed by atoms with Crippen molar-refractivity contribution in [3.8, 4) is 5.95 Å². The van der Waals surface area contributed by atoms with E-state index in [4.69, 9.17) is 4.74 Å². The summed E-state index contributed by atoms with van der Waals surface area (Å²) in [6.45, 7) is 6.38. The molecule has 4 rings (SSSR count). The summed E-state index contributed by atoms with van der Waals surface area (Å²) in [5.41, 5.74) is 1.58. The molecule has 3 aromatic heterocycles. The van der Waals surface area contributed by atoms with Gasteiger partial charge in [0.15, 0.2) is 0 Å². The third kappa shape index (κ3) is 3.28. The third-order valence-corrected chi connectivity index (χ3v) is 5.85. The predicted molar refractivity (Wildman–Crippen MR) is 103 cm³/mol. The summed E-state index contributed by atoms with van der Waals surface area (Å²) >= 11 is 1.35. The molecular weight excluding hydrogens is 366 g/mol. The number of nitrogens with one attached hydrogen (secondary N) is 1. The van der Waals surface area contributed by atoms with Crippen LogP contribution in [-0.4, -0.2) is 56.9 Å². The smallest absolute Gasteiger partial charge is 0.270 e. The Labute approximate surface area is 159 Å². The first-order valence-electron chi connectivity index (χ1n) is 8.98. The fraction of sp³-hybridized carbons (Fsp3) is 0.444. The van der Waals surface area contributed by atoms with Gasteiger partial charge in [0.2, 0.25) is 5.95 Å². The summed E-state index contributed by atoms with van der Waals surface area (Å²) in [6, 6.07) is 1.80. The minimum Gasteiger partial charge on any atom is -0.379 e. The van der Waals surface area contributed by atoms with Crippen molar-refractivity contribution in [3.05, 3.63) is 39.3 Å². The number of aromatic nitrogens is 4. The van der Waals surface area contributed by atoms with Crippen LogP contribution >= 0.6 is 11.3 Å². The maximum absolute atomic E-state index is 13.0. The number of carbonyl (C=O) groups excluding carboxylic acids is 1. The van der Waals surface area contributed by atoms with Gasteiger partial charge in [0, 0.05) is 13.1 Å². The average Bonchev–Trinajstić information content (AvgIpc) is 3.21. The Kier molecular flexibility index (Phi) is 4.79. The molecule has 1 aliphatic rings. The van der Waals surface area contributed by atoms with E-state index in [1.54, 1.807) is 12.3 Å². The zero-order valence-corrected chi connectivity index (χ0v) is 16.1. The molecule has 142 valence electrons. The van der Waals surface area contributed by atoms with Gasteiger partial charge >= 0.3 is 0 Å². The van der Waals surface area contributed by atoms with E-state index in [-0.39, 0.29) is 11.5 Å². The molecule has 4 heterocycles. The first-order chi connectivity index (χ1) is 13.1. The molecule has 3 aromatic rings. The molecule has 0 bridgehead atoms. The van der Waals surface area contributed by atoms with Crippen molar-refractivity contribution in [2.45, 2.75) is 20.3 Å². The van der Waals surface area contributed by atoms with Crippen molar-refractivity contribution < 1.29 is 9.53 Å². The third-order valence-electron chi connectivity index (χ3n) is 4.95. The summed E-state index contributed by atoms with van der Waals surface area (Å²) in [4.78, 5) is 34.3. The van der Waals surface area contributed by atoms with Crippen LogP contribution in [0.5, 0.6) is 0 Å². The van der Waals surface area contributed by atoms with Crippen LogP contribution in [0.4, 0.5) is 0 Å². The Balaban J connectivity index is 1.66. The molecule has 0 saturated carbocycles. The van der Waals surface area contributed by atoms with Crippen LogP contribution in [0.1, 0.15) is 29.4 Å². The van der Waals surface area contributed by atoms with Gasteiger partial charge in [-0.05, 0) is 30.7 Å². The summed E-state index contributed by atoms with van der Waals surface area (Å²) in [6.07, 6.45) is 2.51. The number of nitrogens with zero attached hydrogens (tertiary/aromatic N) is 4. The number of aromatic amines is 1. The quantitative estimate of drug-likeness (QED) is 0.742. The van der Waals surface area contributed by atoms with Gasteiger partial charge in [-0.15, -0.1) is 11.3 Å². The monoisotopic (exact) mass is 387 g/mol. The van der Waals surface area contributed by atoms with E-state index >= 15 is 0 Å². The van der Waals surface area contributed by atoms with Crippen molar-refractivity contribution in [1.82, 2.24) is 24.6 Å². The van der Waals surface area contributed by atoms with Crippen LogP contribution in [-0.2, 0) is 4.74 Å². The summed E-state index contributed by atoms with van der Waals surface area (Å²) in [7, 11) is 0. The fourth-order valence-corrected chi connectivity index (χ4v) is 4.00. The highest BCUT2D eigenvalue weighted by Crippen LogP contribution is 2.19. The van der Waals surface area contributed by atoms with Gasteiger partial charge in [0.1, 0.15) is 4.70 Å². The standard InChI is InChI=1S/C18H21N5O3S/c1-3-12-9-22(5-6-26-10-12)17(25)13-8-19-23(11(13)2)18-20-14-4-7-27-15(14)16(24)21-18/h4,7-8,12H,3,5-6,9-10H2,1-2H3,(H,20,21,24). The number of carbonyl (C=O) groups is 1. The van der Waals surface area contributed by atoms with Gasteiger partial charge in [-0.1, -0.05) is 6.92 Å². The predicted octanol–water partition coefficient (Wildman–Crippen LogP) is 1.98. The van der Waals surface area contributed by atoms with E-state index in [1.807, 2.05) is 17.2 Å². The van der Waals surface area contributed by atoms with Gasteiger partial charge in [0.25, 0.3) is 11.5 Å². The summed E-state index contributed by atoms with van der Waals surface area (Å²) in [5.74, 6) is 0.584. The van der Waals surface area contributed by atoms with Gasteiger partial charge < -0.3 is 9.64 Å². The second kappa shape index (κ2) is 7.24. The zero-order chi connectivity index (χ0) is 19.0. The lowest BCUT2D eigenvalue weighted by atomic mass is 10.1. The molecule has 27 heavy (non-hydrogen) atoms. The number of amides is 1. The largest absolute Gasteiger partial charge is 0.379 e. The molecular formula is C18H21N5O3S. The average molecular weight is 387 g/mol. The number of fused-ring (bicyclic) bond motifs is 1. The number of H-pyrrole nitrogens is 1. The molecule has 0 aliphatic carbocycles. The number of thiophene rings is 1. The van der Waals surface area contributed by atoms with E-state index in [1.165, 1.54) is 16.0 Å². The molecule has 1 N–H and O–H groups in total. The van der Waals surface area contributed by atoms with Crippen LogP contribution in [0.15, 0.2) is 22.4 Å². The molecule has 0 radical (unpaired) electrons. The van der Waals surface area contributed by atoms with Gasteiger partial charge in [-0.3, -0.25) is 14.6 Å². The van der Waals surface area contributed by atoms with E-state index in [2.05, 4.69) is 22.0 Å². The van der Waals surface area contributed by atoms with Crippen LogP contribution < -0.4 is 5.56 Å². The van der Waals surface area contributed by atoms with Gasteiger partial charge in [0.05, 0.1) is 36.2 Å². The number of ether oxygens (including phenoxy) is 1. The van der Waals surface area contributed by atoms with Crippen molar-refractivity contribution in [1.29, 1.82) is 0 Å². The number of rotatable bonds is 3. The Bertz CT molecular complexity index is 1040. The topological polar surface area (TPSA) is 93.1 Å². The van der Waals surface area contributed by atoms with Crippen LogP contribution in [0.2, 0.25) is 0 Å². The lowest BCUT2D eigenvalue weighted by molar-refractivity contribution is 0.0736. The van der Waals surface area contributed by atoms with Crippen molar-refractivity contribution in [2.24, 2.45) is 5.92 Å². The fourth-order valence-electron chi connectivity index (χ4n) is 3.28. The minimum absolute atomic E-state index is 0.0679. The highest BCUT2D eigenvalue weighted by molar-refractivity contribution is 7.17. The molecule has 8 nitrogen and oxygen atoms in total. The highest BCUT2D eigenvalue weighted by atomic mass is 32.1. The summed E-state index contributed by atoms with van der Waals surface area (Å²) in [5, 5.41) is 6.13. The lowest BCUT2D eigenvalue weighted by Gasteiger charge is -2.22. The second-order valence-electron chi connectivity index (χ2n) is 6.68. The molecule has 1 saturated heterocycles. The second-order valence-corrected chi connectivity index (χ2v) is 7.60. The number of hydrogen-bond acceptors (Lipinski definition) is 6. The van der Waals surface area contributed by atoms with Crippen molar-refractivity contribution in [2.75, 3.05) is 26.3 Å². The summed E-state index contributed by atoms with van der Waals surface area (Å²) < 4.78 is 7.69. The number of hydrogen-bond donors (Lipinski definition) is 1. The Morgan fingerprint density at radius 2 is 2.33 bits per heavy atom. The molecule has 1 fully saturated rings. The Morgan fingerprint density at radius 3 is 3.15 bits per heavy atom. The highest BCUT2D eigenvalue weighted by Gasteiger charge is 2.25. The van der Waals surface area contributed by atoms with Gasteiger partial charge in [-0.25, -0.2) is 9.67 Å². The van der Waals surface area contributed by atoms with Crippen LogP contribution in [0.25, 0.3) is 16.2 Å². The Hall–Kier alpha value is -2.52. The first kappa shape index (κ1) is 17.9. The van der Waals surface area contributed by atoms with E-state index in [9.17, 15) is 9.59 Å². The van der Waals surface area contributed by atoms with Gasteiger partial charge in [-0.2, -0.15) is 5.10 Å². The van der Waals surface area contributed by atoms with E-state index < -0.39 is 0 Å². The molecule has 1 atom stereocenters. The van der Waals surface area contributed by atoms with Crippen molar-refractivity contribution >= 4 is 27.5 Å². The molecule has 1 aliphatic heterocycles. The van der Waals surface area contributed by atoms with Crippen molar-refractivity contribution in [3.63, 3.8) is 0 Å². The maximum Gasteiger partial charge on any atom is 0.270 e. The molecule has 0 aromatic carbocycles. The van der Waals surface area contributed by atoms with E-state index in [0.29, 0.717) is 59.6 Å². The zero-order valence-electron chi connectivity index (χ0n) is 15.3. The van der Waals surface area contributed by atoms with Crippen LogP contribution in [0, 0.1) is 12.8 Å². The normalized spacial score (nSPS) is 18.0. The molecule has 1 amide bonds. The van der Waals surface area contributed by atoms with Crippen LogP contribution in [0.3, 0.4) is 0 Å². The molecule has 1 unspecified atom stereocenters. The molecule has 0 spiro atoms. The SMILES string of the molecule is CCC1COCCN(C(=O)c2cnn(-c3nc4ccsc4c(=O)[nH]3)c2C)C1. The minimum atomic E-state index is -0.205.